The monoisotopic (exact) mass is 223 g/mol. The highest BCUT2D eigenvalue weighted by molar-refractivity contribution is 4.78. The highest BCUT2D eigenvalue weighted by atomic mass is 14.9. The van der Waals surface area contributed by atoms with Crippen LogP contribution in [0.15, 0.2) is 0 Å². The maximum atomic E-state index is 3.83. The summed E-state index contributed by atoms with van der Waals surface area (Å²) in [6.07, 6.45) is 11.6. The first-order valence-corrected chi connectivity index (χ1v) is 7.47. The van der Waals surface area contributed by atoms with E-state index in [1.54, 1.807) is 0 Å². The van der Waals surface area contributed by atoms with E-state index in [0.29, 0.717) is 0 Å². The molecule has 16 heavy (non-hydrogen) atoms. The summed E-state index contributed by atoms with van der Waals surface area (Å²) in [5.41, 5.74) is 0. The summed E-state index contributed by atoms with van der Waals surface area (Å²) in [5, 5.41) is 3.83. The zero-order valence-corrected chi connectivity index (χ0v) is 11.2. The van der Waals surface area contributed by atoms with Gasteiger partial charge in [-0.15, -0.1) is 0 Å². The van der Waals surface area contributed by atoms with Gasteiger partial charge in [0.05, 0.1) is 0 Å². The molecule has 0 amide bonds. The molecule has 0 aliphatic heterocycles. The summed E-state index contributed by atoms with van der Waals surface area (Å²) < 4.78 is 0. The average molecular weight is 223 g/mol. The van der Waals surface area contributed by atoms with Crippen molar-refractivity contribution < 1.29 is 0 Å². The SMILES string of the molecule is CC1CCC(NCC2CCCC(C)C2)CC1. The number of nitrogens with one attached hydrogen (secondary N) is 1. The fourth-order valence-electron chi connectivity index (χ4n) is 3.54. The molecule has 2 unspecified atom stereocenters. The van der Waals surface area contributed by atoms with Crippen molar-refractivity contribution in [1.82, 2.24) is 5.32 Å². The molecule has 0 radical (unpaired) electrons. The molecule has 0 saturated heterocycles. The van der Waals surface area contributed by atoms with Gasteiger partial charge in [0.1, 0.15) is 0 Å². The summed E-state index contributed by atoms with van der Waals surface area (Å²) in [6, 6.07) is 0.841. The van der Waals surface area contributed by atoms with E-state index >= 15 is 0 Å². The van der Waals surface area contributed by atoms with Crippen LogP contribution in [0.1, 0.15) is 65.2 Å². The minimum Gasteiger partial charge on any atom is -0.314 e. The van der Waals surface area contributed by atoms with Crippen LogP contribution in [0.2, 0.25) is 0 Å². The van der Waals surface area contributed by atoms with E-state index in [-0.39, 0.29) is 0 Å². The molecule has 0 spiro atoms. The third-order valence-electron chi connectivity index (χ3n) is 4.76. The zero-order chi connectivity index (χ0) is 11.4. The number of hydrogen-bond donors (Lipinski definition) is 1. The predicted octanol–water partition coefficient (Wildman–Crippen LogP) is 3.98. The molecule has 1 heteroatoms. The van der Waals surface area contributed by atoms with Gasteiger partial charge in [-0.05, 0) is 62.8 Å². The first kappa shape index (κ1) is 12.4. The Morgan fingerprint density at radius 1 is 0.875 bits per heavy atom. The van der Waals surface area contributed by atoms with Gasteiger partial charge in [0.2, 0.25) is 0 Å². The Hall–Kier alpha value is -0.0400. The van der Waals surface area contributed by atoms with E-state index in [1.807, 2.05) is 0 Å². The van der Waals surface area contributed by atoms with Gasteiger partial charge in [0, 0.05) is 6.04 Å². The van der Waals surface area contributed by atoms with Crippen LogP contribution in [-0.4, -0.2) is 12.6 Å². The van der Waals surface area contributed by atoms with Crippen molar-refractivity contribution in [1.29, 1.82) is 0 Å². The van der Waals surface area contributed by atoms with Gasteiger partial charge in [0.25, 0.3) is 0 Å². The molecular weight excluding hydrogens is 194 g/mol. The van der Waals surface area contributed by atoms with E-state index < -0.39 is 0 Å². The van der Waals surface area contributed by atoms with Crippen LogP contribution >= 0.6 is 0 Å². The summed E-state index contributed by atoms with van der Waals surface area (Å²) in [7, 11) is 0. The van der Waals surface area contributed by atoms with Gasteiger partial charge >= 0.3 is 0 Å². The zero-order valence-electron chi connectivity index (χ0n) is 11.2. The van der Waals surface area contributed by atoms with Gasteiger partial charge in [-0.3, -0.25) is 0 Å². The first-order valence-electron chi connectivity index (χ1n) is 7.47. The molecule has 0 bridgehead atoms. The average Bonchev–Trinajstić information content (AvgIpc) is 2.28. The van der Waals surface area contributed by atoms with Crippen molar-refractivity contribution in [3.63, 3.8) is 0 Å². The third kappa shape index (κ3) is 3.76. The van der Waals surface area contributed by atoms with E-state index in [4.69, 9.17) is 0 Å². The van der Waals surface area contributed by atoms with Crippen LogP contribution < -0.4 is 5.32 Å². The lowest BCUT2D eigenvalue weighted by molar-refractivity contribution is 0.245. The second-order valence-electron chi connectivity index (χ2n) is 6.50. The smallest absolute Gasteiger partial charge is 0.00673 e. The molecule has 2 atom stereocenters. The molecule has 0 aromatic carbocycles. The topological polar surface area (TPSA) is 12.0 Å². The fourth-order valence-corrected chi connectivity index (χ4v) is 3.54. The molecular formula is C15H29N. The highest BCUT2D eigenvalue weighted by Crippen LogP contribution is 2.29. The van der Waals surface area contributed by atoms with Crippen LogP contribution in [0.4, 0.5) is 0 Å². The lowest BCUT2D eigenvalue weighted by atomic mass is 9.82. The van der Waals surface area contributed by atoms with Crippen molar-refractivity contribution in [2.75, 3.05) is 6.54 Å². The van der Waals surface area contributed by atoms with Crippen LogP contribution in [0, 0.1) is 17.8 Å². The minimum absolute atomic E-state index is 0.841. The van der Waals surface area contributed by atoms with Gasteiger partial charge in [-0.2, -0.15) is 0 Å². The molecule has 2 rings (SSSR count). The molecule has 0 aromatic rings. The molecule has 0 aromatic heterocycles. The summed E-state index contributed by atoms with van der Waals surface area (Å²) in [6.45, 7) is 6.12. The van der Waals surface area contributed by atoms with Gasteiger partial charge in [-0.25, -0.2) is 0 Å². The van der Waals surface area contributed by atoms with Crippen LogP contribution in [-0.2, 0) is 0 Å². The van der Waals surface area contributed by atoms with Crippen LogP contribution in [0.3, 0.4) is 0 Å². The van der Waals surface area contributed by atoms with Gasteiger partial charge in [0.15, 0.2) is 0 Å². The molecule has 1 nitrogen and oxygen atoms in total. The maximum Gasteiger partial charge on any atom is 0.00673 e. The maximum absolute atomic E-state index is 3.83. The Kier molecular flexibility index (Phi) is 4.69. The largest absolute Gasteiger partial charge is 0.314 e. The van der Waals surface area contributed by atoms with Crippen molar-refractivity contribution in [2.45, 2.75) is 71.3 Å². The molecule has 2 saturated carbocycles. The second kappa shape index (κ2) is 6.05. The standard InChI is InChI=1S/C15H29N/c1-12-6-8-15(9-7-12)16-11-14-5-3-4-13(2)10-14/h12-16H,3-11H2,1-2H3. The Morgan fingerprint density at radius 2 is 1.62 bits per heavy atom. The van der Waals surface area contributed by atoms with E-state index in [2.05, 4.69) is 19.2 Å². The van der Waals surface area contributed by atoms with Crippen molar-refractivity contribution in [2.24, 2.45) is 17.8 Å². The third-order valence-corrected chi connectivity index (χ3v) is 4.76. The second-order valence-corrected chi connectivity index (χ2v) is 6.50. The Bertz CT molecular complexity index is 194. The number of hydrogen-bond acceptors (Lipinski definition) is 1. The molecule has 94 valence electrons. The summed E-state index contributed by atoms with van der Waals surface area (Å²) >= 11 is 0. The van der Waals surface area contributed by atoms with Gasteiger partial charge < -0.3 is 5.32 Å². The minimum atomic E-state index is 0.841. The Balaban J connectivity index is 1.63. The van der Waals surface area contributed by atoms with Gasteiger partial charge in [-0.1, -0.05) is 26.7 Å². The summed E-state index contributed by atoms with van der Waals surface area (Å²) in [4.78, 5) is 0. The quantitative estimate of drug-likeness (QED) is 0.763. The van der Waals surface area contributed by atoms with E-state index in [9.17, 15) is 0 Å². The Labute approximate surface area is 101 Å². The highest BCUT2D eigenvalue weighted by Gasteiger charge is 2.21. The normalized spacial score (nSPS) is 40.9. The van der Waals surface area contributed by atoms with Crippen LogP contribution in [0.25, 0.3) is 0 Å². The lowest BCUT2D eigenvalue weighted by Crippen LogP contribution is -2.37. The van der Waals surface area contributed by atoms with Crippen molar-refractivity contribution in [3.05, 3.63) is 0 Å². The predicted molar refractivity (Wildman–Crippen MR) is 70.5 cm³/mol. The number of rotatable bonds is 3. The molecule has 1 N–H and O–H groups in total. The molecule has 2 aliphatic rings. The molecule has 2 fully saturated rings. The molecule has 2 aliphatic carbocycles. The fraction of sp³-hybridized carbons (Fsp3) is 1.00. The lowest BCUT2D eigenvalue weighted by Gasteiger charge is -2.31. The summed E-state index contributed by atoms with van der Waals surface area (Å²) in [5.74, 6) is 2.93. The van der Waals surface area contributed by atoms with Crippen molar-refractivity contribution >= 4 is 0 Å². The Morgan fingerprint density at radius 3 is 2.31 bits per heavy atom. The van der Waals surface area contributed by atoms with Crippen molar-refractivity contribution in [3.8, 4) is 0 Å². The van der Waals surface area contributed by atoms with E-state index in [0.717, 1.165) is 23.8 Å². The van der Waals surface area contributed by atoms with Crippen LogP contribution in [0.5, 0.6) is 0 Å². The van der Waals surface area contributed by atoms with E-state index in [1.165, 1.54) is 57.9 Å². The first-order chi connectivity index (χ1) is 7.74. The molecule has 0 heterocycles.